The average molecular weight is 591 g/mol. The molecule has 0 N–H and O–H groups in total. The number of rotatable bonds is 11. The zero-order valence-electron chi connectivity index (χ0n) is 24.5. The Bertz CT molecular complexity index is 1870. The van der Waals surface area contributed by atoms with Crippen molar-refractivity contribution in [3.05, 3.63) is 113 Å². The van der Waals surface area contributed by atoms with E-state index in [0.717, 1.165) is 29.5 Å². The highest BCUT2D eigenvalue weighted by molar-refractivity contribution is 5.93. The van der Waals surface area contributed by atoms with Crippen molar-refractivity contribution in [3.8, 4) is 23.2 Å². The molecule has 0 aliphatic heterocycles. The van der Waals surface area contributed by atoms with Crippen LogP contribution < -0.4 is 4.74 Å². The van der Waals surface area contributed by atoms with Crippen LogP contribution in [0.1, 0.15) is 45.7 Å². The van der Waals surface area contributed by atoms with E-state index in [1.54, 1.807) is 37.4 Å². The Morgan fingerprint density at radius 1 is 1.02 bits per heavy atom. The molecule has 1 saturated carbocycles. The molecule has 222 valence electrons. The van der Waals surface area contributed by atoms with Gasteiger partial charge in [0.1, 0.15) is 18.2 Å². The normalized spacial score (nSPS) is 13.4. The fourth-order valence-corrected chi connectivity index (χ4v) is 5.33. The van der Waals surface area contributed by atoms with Gasteiger partial charge in [-0.2, -0.15) is 5.26 Å². The molecule has 0 radical (unpaired) electrons. The maximum Gasteiger partial charge on any atom is 0.337 e. The molecule has 2 heterocycles. The summed E-state index contributed by atoms with van der Waals surface area (Å²) in [5.41, 5.74) is 5.29. The maximum atomic E-state index is 15.5. The van der Waals surface area contributed by atoms with Gasteiger partial charge in [0, 0.05) is 31.7 Å². The smallest absolute Gasteiger partial charge is 0.337 e. The van der Waals surface area contributed by atoms with Crippen LogP contribution in [0.2, 0.25) is 0 Å². The third kappa shape index (κ3) is 5.90. The number of hydrogen-bond donors (Lipinski definition) is 0. The summed E-state index contributed by atoms with van der Waals surface area (Å²) in [5.74, 6) is 0.286. The van der Waals surface area contributed by atoms with E-state index >= 15 is 4.39 Å². The minimum absolute atomic E-state index is 0.253. The quantitative estimate of drug-likeness (QED) is 0.164. The number of imidazole rings is 1. The standard InChI is InChI=1S/C35H31FN4O4/c1-42-17-16-40-31-19-26(34(41)43-2)10-13-30(31)38-32(40)20-24-8-9-25(18-28(24)36)29-4-3-5-33(39-29)44-21-23-6-11-27(12-7-23)35(22-37)14-15-35/h3-13,18-19H,14-17,20-21H2,1-2H3. The lowest BCUT2D eigenvalue weighted by Gasteiger charge is -2.11. The van der Waals surface area contributed by atoms with E-state index in [9.17, 15) is 10.1 Å². The highest BCUT2D eigenvalue weighted by Gasteiger charge is 2.44. The zero-order valence-corrected chi connectivity index (χ0v) is 24.5. The number of pyridine rings is 1. The van der Waals surface area contributed by atoms with E-state index in [1.165, 1.54) is 13.2 Å². The molecule has 0 amide bonds. The lowest BCUT2D eigenvalue weighted by molar-refractivity contribution is 0.0601. The van der Waals surface area contributed by atoms with Crippen molar-refractivity contribution in [1.82, 2.24) is 14.5 Å². The van der Waals surface area contributed by atoms with Crippen molar-refractivity contribution in [2.24, 2.45) is 0 Å². The predicted molar refractivity (Wildman–Crippen MR) is 163 cm³/mol. The minimum Gasteiger partial charge on any atom is -0.473 e. The van der Waals surface area contributed by atoms with E-state index in [-0.39, 0.29) is 17.7 Å². The summed E-state index contributed by atoms with van der Waals surface area (Å²) in [6, 6.07) is 26.0. The number of carbonyl (C=O) groups is 1. The Kier molecular flexibility index (Phi) is 8.09. The summed E-state index contributed by atoms with van der Waals surface area (Å²) in [4.78, 5) is 21.4. The van der Waals surface area contributed by atoms with Gasteiger partial charge in [-0.3, -0.25) is 0 Å². The number of hydrogen-bond acceptors (Lipinski definition) is 7. The van der Waals surface area contributed by atoms with Crippen LogP contribution in [0, 0.1) is 17.1 Å². The third-order valence-electron chi connectivity index (χ3n) is 8.05. The number of carbonyl (C=O) groups excluding carboxylic acids is 1. The maximum absolute atomic E-state index is 15.5. The molecule has 5 aromatic rings. The van der Waals surface area contributed by atoms with Crippen LogP contribution >= 0.6 is 0 Å². The van der Waals surface area contributed by atoms with E-state index in [0.29, 0.717) is 59.4 Å². The van der Waals surface area contributed by atoms with Crippen molar-refractivity contribution in [3.63, 3.8) is 0 Å². The van der Waals surface area contributed by atoms with Crippen molar-refractivity contribution < 1.29 is 23.4 Å². The molecule has 9 heteroatoms. The van der Waals surface area contributed by atoms with Gasteiger partial charge in [0.2, 0.25) is 5.88 Å². The Hall–Kier alpha value is -5.07. The summed E-state index contributed by atoms with van der Waals surface area (Å²) < 4.78 is 33.5. The first-order chi connectivity index (χ1) is 21.4. The van der Waals surface area contributed by atoms with Crippen LogP contribution in [0.5, 0.6) is 5.88 Å². The number of benzene rings is 3. The number of esters is 1. The van der Waals surface area contributed by atoms with Crippen molar-refractivity contribution in [2.45, 2.75) is 37.8 Å². The molecular formula is C35H31FN4O4. The van der Waals surface area contributed by atoms with Gasteiger partial charge in [0.25, 0.3) is 0 Å². The van der Waals surface area contributed by atoms with Crippen LogP contribution in [-0.2, 0) is 34.5 Å². The van der Waals surface area contributed by atoms with Crippen LogP contribution in [0.25, 0.3) is 22.3 Å². The van der Waals surface area contributed by atoms with Gasteiger partial charge in [0.05, 0.1) is 47.5 Å². The van der Waals surface area contributed by atoms with Gasteiger partial charge in [-0.05, 0) is 59.9 Å². The fourth-order valence-electron chi connectivity index (χ4n) is 5.33. The molecule has 8 nitrogen and oxygen atoms in total. The predicted octanol–water partition coefficient (Wildman–Crippen LogP) is 6.40. The minimum atomic E-state index is -0.435. The number of methoxy groups -OCH3 is 2. The molecule has 0 atom stereocenters. The monoisotopic (exact) mass is 590 g/mol. The Balaban J connectivity index is 1.18. The number of nitrogens with zero attached hydrogens (tertiary/aromatic N) is 4. The van der Waals surface area contributed by atoms with Crippen LogP contribution in [0.3, 0.4) is 0 Å². The summed E-state index contributed by atoms with van der Waals surface area (Å²) in [7, 11) is 2.95. The summed E-state index contributed by atoms with van der Waals surface area (Å²) >= 11 is 0. The topological polar surface area (TPSA) is 99.3 Å². The highest BCUT2D eigenvalue weighted by atomic mass is 19.1. The molecule has 1 aliphatic rings. The second-order valence-corrected chi connectivity index (χ2v) is 10.9. The first-order valence-electron chi connectivity index (χ1n) is 14.4. The van der Waals surface area contributed by atoms with Crippen molar-refractivity contribution >= 4 is 17.0 Å². The third-order valence-corrected chi connectivity index (χ3v) is 8.05. The van der Waals surface area contributed by atoms with E-state index in [1.807, 2.05) is 47.0 Å². The first kappa shape index (κ1) is 29.0. The lowest BCUT2D eigenvalue weighted by atomic mass is 9.97. The Morgan fingerprint density at radius 2 is 1.84 bits per heavy atom. The molecule has 44 heavy (non-hydrogen) atoms. The number of fused-ring (bicyclic) bond motifs is 1. The lowest BCUT2D eigenvalue weighted by Crippen LogP contribution is -2.10. The summed E-state index contributed by atoms with van der Waals surface area (Å²) in [6.07, 6.45) is 2.07. The summed E-state index contributed by atoms with van der Waals surface area (Å²) in [5, 5.41) is 9.42. The molecule has 3 aromatic carbocycles. The van der Waals surface area contributed by atoms with Crippen LogP contribution in [-0.4, -0.2) is 41.3 Å². The highest BCUT2D eigenvalue weighted by Crippen LogP contribution is 2.47. The second-order valence-electron chi connectivity index (χ2n) is 10.9. The molecule has 0 bridgehead atoms. The zero-order chi connectivity index (χ0) is 30.7. The van der Waals surface area contributed by atoms with E-state index in [4.69, 9.17) is 19.2 Å². The molecule has 1 fully saturated rings. The van der Waals surface area contributed by atoms with E-state index in [2.05, 4.69) is 11.1 Å². The molecule has 0 unspecified atom stereocenters. The Labute approximate surface area is 254 Å². The van der Waals surface area contributed by atoms with E-state index < -0.39 is 5.97 Å². The van der Waals surface area contributed by atoms with Crippen LogP contribution in [0.15, 0.2) is 78.9 Å². The van der Waals surface area contributed by atoms with Gasteiger partial charge in [0.15, 0.2) is 0 Å². The van der Waals surface area contributed by atoms with Gasteiger partial charge in [-0.25, -0.2) is 19.2 Å². The molecule has 1 aliphatic carbocycles. The van der Waals surface area contributed by atoms with Crippen molar-refractivity contribution in [2.75, 3.05) is 20.8 Å². The van der Waals surface area contributed by atoms with Gasteiger partial charge in [-0.1, -0.05) is 42.5 Å². The number of aromatic nitrogens is 3. The molecule has 0 saturated heterocycles. The number of ether oxygens (including phenoxy) is 3. The molecular weight excluding hydrogens is 559 g/mol. The average Bonchev–Trinajstić information content (AvgIpc) is 3.79. The largest absolute Gasteiger partial charge is 0.473 e. The molecule has 6 rings (SSSR count). The number of halogens is 1. The van der Waals surface area contributed by atoms with Gasteiger partial charge < -0.3 is 18.8 Å². The summed E-state index contributed by atoms with van der Waals surface area (Å²) in [6.45, 7) is 1.25. The van der Waals surface area contributed by atoms with Gasteiger partial charge >= 0.3 is 5.97 Å². The van der Waals surface area contributed by atoms with Gasteiger partial charge in [-0.15, -0.1) is 0 Å². The van der Waals surface area contributed by atoms with Crippen molar-refractivity contribution in [1.29, 1.82) is 5.26 Å². The number of nitriles is 1. The Morgan fingerprint density at radius 3 is 2.55 bits per heavy atom. The first-order valence-corrected chi connectivity index (χ1v) is 14.4. The van der Waals surface area contributed by atoms with Crippen LogP contribution in [0.4, 0.5) is 4.39 Å². The SMILES string of the molecule is COCCn1c(Cc2ccc(-c3cccc(OCc4ccc(C5(C#N)CC5)cc4)n3)cc2F)nc2ccc(C(=O)OC)cc21. The fraction of sp³-hybridized carbons (Fsp3) is 0.257. The second kappa shape index (κ2) is 12.3. The molecule has 2 aromatic heterocycles. The molecule has 0 spiro atoms.